The number of benzene rings is 2. The van der Waals surface area contributed by atoms with Crippen molar-refractivity contribution in [2.75, 3.05) is 21.3 Å². The molecule has 0 aliphatic heterocycles. The quantitative estimate of drug-likeness (QED) is 0.798. The van der Waals surface area contributed by atoms with Gasteiger partial charge in [0.1, 0.15) is 0 Å². The van der Waals surface area contributed by atoms with E-state index in [1.54, 1.807) is 33.5 Å². The van der Waals surface area contributed by atoms with Gasteiger partial charge in [0, 0.05) is 32.7 Å². The molecule has 0 unspecified atom stereocenters. The molecule has 0 aromatic heterocycles. The van der Waals surface area contributed by atoms with Crippen LogP contribution in [0.1, 0.15) is 5.56 Å². The number of methoxy groups -OCH3 is 3. The van der Waals surface area contributed by atoms with Crippen LogP contribution in [0.25, 0.3) is 0 Å². The van der Waals surface area contributed by atoms with Gasteiger partial charge in [-0.05, 0) is 0 Å². The Bertz CT molecular complexity index is 464. The Balaban J connectivity index is 0.000000387. The largest absolute Gasteiger partial charge is 0.550 e. The molecule has 1 radical (unpaired) electrons. The first-order chi connectivity index (χ1) is 9.22. The summed E-state index contributed by atoms with van der Waals surface area (Å²) >= 11 is 0. The molecule has 0 spiro atoms. The SMILES string of the molecule is COc1c[c-]cc(OC)c1OC.Cc1c[c-]ccc1.[Y]. The number of hydrogen-bond donors (Lipinski definition) is 0. The number of rotatable bonds is 3. The molecular weight excluding hydrogens is 329 g/mol. The summed E-state index contributed by atoms with van der Waals surface area (Å²) in [5.41, 5.74) is 1.27. The van der Waals surface area contributed by atoms with Crippen molar-refractivity contribution in [3.63, 3.8) is 0 Å². The second kappa shape index (κ2) is 10.7. The molecular formula is C16H18O3Y-2. The van der Waals surface area contributed by atoms with E-state index in [-0.39, 0.29) is 32.7 Å². The average molecular weight is 347 g/mol. The summed E-state index contributed by atoms with van der Waals surface area (Å²) in [4.78, 5) is 0. The molecule has 3 nitrogen and oxygen atoms in total. The van der Waals surface area contributed by atoms with Crippen molar-refractivity contribution >= 4 is 0 Å². The zero-order valence-corrected chi connectivity index (χ0v) is 15.1. The van der Waals surface area contributed by atoms with Crippen LogP contribution in [0.2, 0.25) is 0 Å². The molecule has 0 saturated heterocycles. The zero-order valence-electron chi connectivity index (χ0n) is 12.3. The fourth-order valence-electron chi connectivity index (χ4n) is 1.43. The molecule has 0 amide bonds. The summed E-state index contributed by atoms with van der Waals surface area (Å²) < 4.78 is 15.2. The Morgan fingerprint density at radius 2 is 1.45 bits per heavy atom. The van der Waals surface area contributed by atoms with Gasteiger partial charge in [-0.3, -0.25) is 0 Å². The summed E-state index contributed by atoms with van der Waals surface area (Å²) in [5, 5.41) is 0. The standard InChI is InChI=1S/C9H11O3.C7H7.Y/c1-10-7-5-4-6-8(11-2)9(7)12-3;1-7-5-3-2-4-6-7;/h5-6H,1-3H3;2-3,5-6H,1H3;/q2*-1;. The van der Waals surface area contributed by atoms with E-state index in [2.05, 4.69) is 25.1 Å². The maximum absolute atomic E-state index is 5.09. The van der Waals surface area contributed by atoms with Crippen molar-refractivity contribution in [1.29, 1.82) is 0 Å². The Kier molecular flexibility index (Phi) is 10.1. The number of ether oxygens (including phenoxy) is 3. The molecule has 0 N–H and O–H groups in total. The van der Waals surface area contributed by atoms with Crippen LogP contribution in [0.4, 0.5) is 0 Å². The van der Waals surface area contributed by atoms with Crippen LogP contribution in [0.3, 0.4) is 0 Å². The maximum atomic E-state index is 5.09. The van der Waals surface area contributed by atoms with Crippen molar-refractivity contribution in [2.45, 2.75) is 6.92 Å². The molecule has 4 heteroatoms. The summed E-state index contributed by atoms with van der Waals surface area (Å²) in [7, 11) is 4.72. The van der Waals surface area contributed by atoms with Gasteiger partial charge in [-0.2, -0.15) is 42.0 Å². The molecule has 105 valence electrons. The molecule has 2 aromatic rings. The number of hydrogen-bond acceptors (Lipinski definition) is 3. The monoisotopic (exact) mass is 347 g/mol. The third kappa shape index (κ3) is 5.93. The van der Waals surface area contributed by atoms with E-state index in [9.17, 15) is 0 Å². The molecule has 2 rings (SSSR count). The smallest absolute Gasteiger partial charge is 0.0924 e. The normalized spacial score (nSPS) is 8.60. The minimum atomic E-state index is 0. The molecule has 2 aromatic carbocycles. The van der Waals surface area contributed by atoms with E-state index in [0.717, 1.165) is 0 Å². The molecule has 0 fully saturated rings. The van der Waals surface area contributed by atoms with E-state index in [0.29, 0.717) is 17.2 Å². The van der Waals surface area contributed by atoms with E-state index in [4.69, 9.17) is 14.2 Å². The van der Waals surface area contributed by atoms with Gasteiger partial charge in [0.25, 0.3) is 0 Å². The van der Waals surface area contributed by atoms with Crippen LogP contribution >= 0.6 is 0 Å². The van der Waals surface area contributed by atoms with E-state index in [1.807, 2.05) is 18.2 Å². The molecule has 0 aliphatic rings. The first-order valence-electron chi connectivity index (χ1n) is 5.81. The third-order valence-corrected chi connectivity index (χ3v) is 2.38. The van der Waals surface area contributed by atoms with Crippen molar-refractivity contribution in [3.05, 3.63) is 54.1 Å². The second-order valence-corrected chi connectivity index (χ2v) is 3.71. The fraction of sp³-hybridized carbons (Fsp3) is 0.250. The molecule has 0 bridgehead atoms. The summed E-state index contributed by atoms with van der Waals surface area (Å²) in [5.74, 6) is 1.84. The van der Waals surface area contributed by atoms with Gasteiger partial charge in [0.2, 0.25) is 0 Å². The Morgan fingerprint density at radius 1 is 0.850 bits per heavy atom. The van der Waals surface area contributed by atoms with Gasteiger partial charge in [-0.1, -0.05) is 6.92 Å². The molecule has 0 saturated carbocycles. The average Bonchev–Trinajstić information content (AvgIpc) is 2.47. The predicted molar refractivity (Wildman–Crippen MR) is 74.9 cm³/mol. The van der Waals surface area contributed by atoms with Crippen LogP contribution in [0.5, 0.6) is 17.2 Å². The predicted octanol–water partition coefficient (Wildman–Crippen LogP) is 3.31. The topological polar surface area (TPSA) is 27.7 Å². The van der Waals surface area contributed by atoms with Gasteiger partial charge < -0.3 is 14.2 Å². The van der Waals surface area contributed by atoms with Gasteiger partial charge >= 0.3 is 0 Å². The summed E-state index contributed by atoms with van der Waals surface area (Å²) in [6.07, 6.45) is 0. The Labute approximate surface area is 146 Å². The first kappa shape index (κ1) is 18.9. The van der Waals surface area contributed by atoms with Crippen molar-refractivity contribution in [2.24, 2.45) is 0 Å². The fourth-order valence-corrected chi connectivity index (χ4v) is 1.43. The van der Waals surface area contributed by atoms with Gasteiger partial charge in [-0.25, -0.2) is 0 Å². The van der Waals surface area contributed by atoms with Crippen LogP contribution in [-0.2, 0) is 32.7 Å². The molecule has 0 atom stereocenters. The van der Waals surface area contributed by atoms with Crippen LogP contribution in [-0.4, -0.2) is 21.3 Å². The van der Waals surface area contributed by atoms with Crippen LogP contribution < -0.4 is 14.2 Å². The van der Waals surface area contributed by atoms with E-state index >= 15 is 0 Å². The van der Waals surface area contributed by atoms with Crippen LogP contribution in [0.15, 0.2) is 36.4 Å². The third-order valence-electron chi connectivity index (χ3n) is 2.38. The van der Waals surface area contributed by atoms with E-state index in [1.165, 1.54) is 5.56 Å². The van der Waals surface area contributed by atoms with Crippen molar-refractivity contribution in [3.8, 4) is 17.2 Å². The van der Waals surface area contributed by atoms with E-state index < -0.39 is 0 Å². The summed E-state index contributed by atoms with van der Waals surface area (Å²) in [6.45, 7) is 2.05. The van der Waals surface area contributed by atoms with Crippen molar-refractivity contribution < 1.29 is 46.9 Å². The Morgan fingerprint density at radius 3 is 1.75 bits per heavy atom. The minimum absolute atomic E-state index is 0. The second-order valence-electron chi connectivity index (χ2n) is 3.71. The van der Waals surface area contributed by atoms with Gasteiger partial charge in [0.15, 0.2) is 0 Å². The number of aryl methyl sites for hydroxylation is 1. The van der Waals surface area contributed by atoms with Gasteiger partial charge in [-0.15, -0.1) is 12.1 Å². The Hall–Kier alpha value is -1.06. The van der Waals surface area contributed by atoms with Crippen LogP contribution in [0, 0.1) is 19.1 Å². The van der Waals surface area contributed by atoms with Gasteiger partial charge in [0.05, 0.1) is 38.6 Å². The van der Waals surface area contributed by atoms with Crippen molar-refractivity contribution in [1.82, 2.24) is 0 Å². The minimum Gasteiger partial charge on any atom is -0.550 e. The first-order valence-corrected chi connectivity index (χ1v) is 5.81. The summed E-state index contributed by atoms with van der Waals surface area (Å²) in [6, 6.07) is 17.1. The molecule has 0 heterocycles. The maximum Gasteiger partial charge on any atom is 0.0924 e. The zero-order chi connectivity index (χ0) is 14.1. The molecule has 0 aliphatic carbocycles. The molecule has 20 heavy (non-hydrogen) atoms.